The number of hydrogen-bond acceptors (Lipinski definition) is 3. The maximum Gasteiger partial charge on any atom is 0.336 e. The van der Waals surface area contributed by atoms with Crippen LogP contribution >= 0.6 is 11.8 Å². The third-order valence-electron chi connectivity index (χ3n) is 4.67. The molecule has 1 heterocycles. The molecule has 30 heavy (non-hydrogen) atoms. The Morgan fingerprint density at radius 3 is 2.47 bits per heavy atom. The molecule has 0 aliphatic heterocycles. The van der Waals surface area contributed by atoms with Gasteiger partial charge < -0.3 is 14.4 Å². The first kappa shape index (κ1) is 20.0. The van der Waals surface area contributed by atoms with Gasteiger partial charge in [-0.25, -0.2) is 13.6 Å². The molecule has 152 valence electrons. The quantitative estimate of drug-likeness (QED) is 0.423. The average Bonchev–Trinajstić information content (AvgIpc) is 3.04. The highest BCUT2D eigenvalue weighted by atomic mass is 32.2. The van der Waals surface area contributed by atoms with E-state index >= 15 is 0 Å². The lowest BCUT2D eigenvalue weighted by atomic mass is 10.2. The minimum absolute atomic E-state index is 0.212. The molecule has 0 atom stereocenters. The number of carboxylic acids is 1. The number of aromatic carboxylic acids is 1. The van der Waals surface area contributed by atoms with Crippen LogP contribution in [0, 0.1) is 11.6 Å². The number of carboxylic acid groups (broad SMARTS) is 1. The maximum absolute atomic E-state index is 13.6. The van der Waals surface area contributed by atoms with Gasteiger partial charge in [0.1, 0.15) is 17.4 Å². The topological polar surface area (TPSA) is 51.5 Å². The lowest BCUT2D eigenvalue weighted by Gasteiger charge is -2.07. The zero-order chi connectivity index (χ0) is 21.3. The predicted octanol–water partition coefficient (Wildman–Crippen LogP) is 5.83. The van der Waals surface area contributed by atoms with Gasteiger partial charge in [-0.3, -0.25) is 0 Å². The van der Waals surface area contributed by atoms with E-state index in [-0.39, 0.29) is 12.1 Å². The molecule has 4 rings (SSSR count). The standard InChI is InChI=1S/C23H17F2NO3S/c1-29-17-6-7-18-20(11-17)26(12-14-8-15(24)10-16(25)9-14)13-22(18)30-21-5-3-2-4-19(21)23(27)28/h2-11,13H,12H2,1H3,(H,27,28). The first-order valence-corrected chi connectivity index (χ1v) is 9.88. The summed E-state index contributed by atoms with van der Waals surface area (Å²) in [6.07, 6.45) is 1.86. The van der Waals surface area contributed by atoms with Crippen LogP contribution in [0.3, 0.4) is 0 Å². The van der Waals surface area contributed by atoms with E-state index in [1.807, 2.05) is 29.0 Å². The van der Waals surface area contributed by atoms with Gasteiger partial charge in [0.25, 0.3) is 0 Å². The Morgan fingerprint density at radius 2 is 1.77 bits per heavy atom. The number of halogens is 2. The van der Waals surface area contributed by atoms with Gasteiger partial charge in [-0.05, 0) is 42.0 Å². The Bertz CT molecular complexity index is 1230. The summed E-state index contributed by atoms with van der Waals surface area (Å²) in [4.78, 5) is 13.0. The summed E-state index contributed by atoms with van der Waals surface area (Å²) in [7, 11) is 1.56. The molecule has 3 aromatic carbocycles. The molecule has 4 nitrogen and oxygen atoms in total. The number of fused-ring (bicyclic) bond motifs is 1. The van der Waals surface area contributed by atoms with E-state index in [1.165, 1.54) is 23.9 Å². The number of ether oxygens (including phenoxy) is 1. The number of hydrogen-bond donors (Lipinski definition) is 1. The van der Waals surface area contributed by atoms with Crippen LogP contribution in [0.5, 0.6) is 5.75 Å². The second kappa shape index (κ2) is 8.20. The zero-order valence-electron chi connectivity index (χ0n) is 15.9. The fourth-order valence-corrected chi connectivity index (χ4v) is 4.44. The Morgan fingerprint density at radius 1 is 1.03 bits per heavy atom. The summed E-state index contributed by atoms with van der Waals surface area (Å²) in [5.41, 5.74) is 1.51. The molecule has 0 aliphatic carbocycles. The fourth-order valence-electron chi connectivity index (χ4n) is 3.33. The number of rotatable bonds is 6. The summed E-state index contributed by atoms with van der Waals surface area (Å²) >= 11 is 1.33. The Kier molecular flexibility index (Phi) is 5.46. The summed E-state index contributed by atoms with van der Waals surface area (Å²) in [6.45, 7) is 0.249. The fraction of sp³-hybridized carbons (Fsp3) is 0.0870. The first-order valence-electron chi connectivity index (χ1n) is 9.06. The van der Waals surface area contributed by atoms with Crippen molar-refractivity contribution in [2.75, 3.05) is 7.11 Å². The summed E-state index contributed by atoms with van der Waals surface area (Å²) in [5, 5.41) is 10.4. The highest BCUT2D eigenvalue weighted by Crippen LogP contribution is 2.38. The molecule has 0 radical (unpaired) electrons. The second-order valence-electron chi connectivity index (χ2n) is 6.69. The smallest absolute Gasteiger partial charge is 0.336 e. The molecular weight excluding hydrogens is 408 g/mol. The van der Waals surface area contributed by atoms with Crippen molar-refractivity contribution < 1.29 is 23.4 Å². The van der Waals surface area contributed by atoms with Crippen LogP contribution in [0.15, 0.2) is 76.7 Å². The van der Waals surface area contributed by atoms with Crippen LogP contribution in [0.4, 0.5) is 8.78 Å². The van der Waals surface area contributed by atoms with Crippen molar-refractivity contribution in [1.29, 1.82) is 0 Å². The molecule has 0 bridgehead atoms. The molecule has 0 unspecified atom stereocenters. The van der Waals surface area contributed by atoms with Crippen molar-refractivity contribution in [2.24, 2.45) is 0 Å². The minimum atomic E-state index is -1.00. The number of benzene rings is 3. The van der Waals surface area contributed by atoms with Crippen molar-refractivity contribution in [1.82, 2.24) is 4.57 Å². The van der Waals surface area contributed by atoms with Gasteiger partial charge in [-0.1, -0.05) is 23.9 Å². The van der Waals surface area contributed by atoms with Crippen LogP contribution in [0.25, 0.3) is 10.9 Å². The van der Waals surface area contributed by atoms with Crippen molar-refractivity contribution in [3.8, 4) is 5.75 Å². The highest BCUT2D eigenvalue weighted by Gasteiger charge is 2.16. The lowest BCUT2D eigenvalue weighted by molar-refractivity contribution is 0.0693. The largest absolute Gasteiger partial charge is 0.497 e. The summed E-state index contributed by atoms with van der Waals surface area (Å²) in [6, 6.07) is 15.8. The second-order valence-corrected chi connectivity index (χ2v) is 7.77. The predicted molar refractivity (Wildman–Crippen MR) is 111 cm³/mol. The third kappa shape index (κ3) is 4.02. The lowest BCUT2D eigenvalue weighted by Crippen LogP contribution is -1.99. The number of aromatic nitrogens is 1. The van der Waals surface area contributed by atoms with Crippen LogP contribution in [0.2, 0.25) is 0 Å². The normalized spacial score (nSPS) is 11.0. The highest BCUT2D eigenvalue weighted by molar-refractivity contribution is 7.99. The summed E-state index contributed by atoms with van der Waals surface area (Å²) in [5.74, 6) is -1.62. The molecule has 0 amide bonds. The monoisotopic (exact) mass is 425 g/mol. The number of carbonyl (C=O) groups is 1. The van der Waals surface area contributed by atoms with Crippen LogP contribution in [-0.2, 0) is 6.54 Å². The van der Waals surface area contributed by atoms with E-state index in [9.17, 15) is 18.7 Å². The third-order valence-corrected chi connectivity index (χ3v) is 5.79. The Hall–Kier alpha value is -3.32. The van der Waals surface area contributed by atoms with Gasteiger partial charge in [0.15, 0.2) is 0 Å². The van der Waals surface area contributed by atoms with E-state index < -0.39 is 17.6 Å². The van der Waals surface area contributed by atoms with E-state index in [1.54, 1.807) is 31.4 Å². The maximum atomic E-state index is 13.6. The zero-order valence-corrected chi connectivity index (χ0v) is 16.7. The van der Waals surface area contributed by atoms with Crippen molar-refractivity contribution >= 4 is 28.6 Å². The molecular formula is C23H17F2NO3S. The number of methoxy groups -OCH3 is 1. The molecule has 0 fully saturated rings. The van der Waals surface area contributed by atoms with E-state index in [0.29, 0.717) is 16.2 Å². The molecule has 0 aliphatic rings. The molecule has 7 heteroatoms. The van der Waals surface area contributed by atoms with E-state index in [2.05, 4.69) is 0 Å². The van der Waals surface area contributed by atoms with Gasteiger partial charge in [0, 0.05) is 40.1 Å². The molecule has 0 saturated carbocycles. The molecule has 1 N–H and O–H groups in total. The number of nitrogens with zero attached hydrogens (tertiary/aromatic N) is 1. The van der Waals surface area contributed by atoms with Crippen molar-refractivity contribution in [2.45, 2.75) is 16.3 Å². The average molecular weight is 425 g/mol. The van der Waals surface area contributed by atoms with Gasteiger partial charge in [0.05, 0.1) is 18.2 Å². The van der Waals surface area contributed by atoms with Crippen molar-refractivity contribution in [3.05, 3.63) is 89.6 Å². The minimum Gasteiger partial charge on any atom is -0.497 e. The summed E-state index contributed by atoms with van der Waals surface area (Å²) < 4.78 is 34.5. The van der Waals surface area contributed by atoms with Gasteiger partial charge in [-0.15, -0.1) is 0 Å². The van der Waals surface area contributed by atoms with Crippen LogP contribution < -0.4 is 4.74 Å². The first-order chi connectivity index (χ1) is 14.4. The SMILES string of the molecule is COc1ccc2c(Sc3ccccc3C(=O)O)cn(Cc3cc(F)cc(F)c3)c2c1. The van der Waals surface area contributed by atoms with E-state index in [4.69, 9.17) is 4.74 Å². The molecule has 1 aromatic heterocycles. The molecule has 0 spiro atoms. The van der Waals surface area contributed by atoms with Crippen LogP contribution in [-0.4, -0.2) is 22.8 Å². The van der Waals surface area contributed by atoms with Gasteiger partial charge in [-0.2, -0.15) is 0 Å². The molecule has 4 aromatic rings. The van der Waals surface area contributed by atoms with Crippen LogP contribution in [0.1, 0.15) is 15.9 Å². The van der Waals surface area contributed by atoms with Gasteiger partial charge >= 0.3 is 5.97 Å². The Labute approximate surface area is 175 Å². The van der Waals surface area contributed by atoms with Crippen molar-refractivity contribution in [3.63, 3.8) is 0 Å². The Balaban J connectivity index is 1.80. The van der Waals surface area contributed by atoms with Gasteiger partial charge in [0.2, 0.25) is 0 Å². The molecule has 0 saturated heterocycles. The van der Waals surface area contributed by atoms with E-state index in [0.717, 1.165) is 21.9 Å².